The third kappa shape index (κ3) is 5.17. The Bertz CT molecular complexity index is 1330. The van der Waals surface area contributed by atoms with Crippen LogP contribution in [0.3, 0.4) is 0 Å². The van der Waals surface area contributed by atoms with Crippen LogP contribution in [0.2, 0.25) is 5.02 Å². The van der Waals surface area contributed by atoms with Gasteiger partial charge in [0.1, 0.15) is 9.57 Å². The molecule has 1 N–H and O–H groups in total. The van der Waals surface area contributed by atoms with Gasteiger partial charge in [0.05, 0.1) is 10.7 Å². The van der Waals surface area contributed by atoms with Crippen molar-refractivity contribution in [3.05, 3.63) is 98.9 Å². The molecule has 3 atom stereocenters. The highest BCUT2D eigenvalue weighted by Gasteiger charge is 2.36. The number of aromatic nitrogens is 1. The minimum atomic E-state index is -0.516. The van der Waals surface area contributed by atoms with Crippen molar-refractivity contribution in [3.8, 4) is 0 Å². The summed E-state index contributed by atoms with van der Waals surface area (Å²) in [6.45, 7) is 4.21. The van der Waals surface area contributed by atoms with Gasteiger partial charge in [-0.15, -0.1) is 0 Å². The zero-order valence-electron chi connectivity index (χ0n) is 19.3. The number of likely N-dealkylation sites (tertiary alicyclic amines) is 1. The van der Waals surface area contributed by atoms with Gasteiger partial charge in [-0.25, -0.2) is 0 Å². The van der Waals surface area contributed by atoms with Crippen LogP contribution in [0.4, 0.5) is 5.69 Å². The average Bonchev–Trinajstić information content (AvgIpc) is 2.85. The standard InChI is InChI=1S/C27H26ClN3O2S2/c1-17-10-11-22(21(28)12-17)29-26(33)25(19-6-3-2-4-7-19)35-27(34)30-14-18-13-20(16-30)23-8-5-9-24(32)31(23)15-18/h2-12,18,20,25H,13-16H2,1H3,(H,29,33)/t18-,20-,25-/m0/s1. The van der Waals surface area contributed by atoms with E-state index in [4.69, 9.17) is 23.8 Å². The maximum atomic E-state index is 13.5. The van der Waals surface area contributed by atoms with Crippen molar-refractivity contribution in [1.82, 2.24) is 9.47 Å². The van der Waals surface area contributed by atoms with Crippen molar-refractivity contribution in [3.63, 3.8) is 0 Å². The maximum Gasteiger partial charge on any atom is 0.250 e. The lowest BCUT2D eigenvalue weighted by Gasteiger charge is -2.43. The molecule has 180 valence electrons. The van der Waals surface area contributed by atoms with Crippen molar-refractivity contribution in [2.24, 2.45) is 5.92 Å². The fraction of sp³-hybridized carbons (Fsp3) is 0.296. The summed E-state index contributed by atoms with van der Waals surface area (Å²) in [5.74, 6) is 0.448. The third-order valence-electron chi connectivity index (χ3n) is 6.68. The number of benzene rings is 2. The monoisotopic (exact) mass is 523 g/mol. The van der Waals surface area contributed by atoms with E-state index in [2.05, 4.69) is 10.2 Å². The van der Waals surface area contributed by atoms with Gasteiger partial charge in [0.25, 0.3) is 5.56 Å². The molecule has 0 aliphatic carbocycles. The molecule has 2 bridgehead atoms. The number of carbonyl (C=O) groups is 1. The van der Waals surface area contributed by atoms with E-state index >= 15 is 0 Å². The highest BCUT2D eigenvalue weighted by Crippen LogP contribution is 2.39. The second-order valence-corrected chi connectivity index (χ2v) is 11.4. The van der Waals surface area contributed by atoms with Gasteiger partial charge >= 0.3 is 0 Å². The Morgan fingerprint density at radius 2 is 1.89 bits per heavy atom. The zero-order valence-corrected chi connectivity index (χ0v) is 21.7. The molecule has 0 radical (unpaired) electrons. The molecule has 1 saturated heterocycles. The minimum Gasteiger partial charge on any atom is -0.356 e. The van der Waals surface area contributed by atoms with Crippen LogP contribution in [0.15, 0.2) is 71.5 Å². The van der Waals surface area contributed by atoms with E-state index in [1.54, 1.807) is 6.07 Å². The molecular weight excluding hydrogens is 498 g/mol. The number of rotatable bonds is 4. The number of halogens is 1. The normalized spacial score (nSPS) is 19.5. The van der Waals surface area contributed by atoms with Crippen molar-refractivity contribution in [2.45, 2.75) is 31.1 Å². The summed E-state index contributed by atoms with van der Waals surface area (Å²) in [5, 5.41) is 2.99. The molecule has 5 rings (SSSR count). The first-order valence-corrected chi connectivity index (χ1v) is 13.3. The fourth-order valence-corrected chi connectivity index (χ4v) is 6.72. The number of hydrogen-bond acceptors (Lipinski definition) is 4. The SMILES string of the molecule is Cc1ccc(NC(=O)[C@@H](SC(=S)N2C[C@@H]3C[C@@H](C2)c2cccc(=O)n2C3)c2ccccc2)c(Cl)c1. The number of amides is 1. The largest absolute Gasteiger partial charge is 0.356 e. The second kappa shape index (κ2) is 10.2. The Labute approximate surface area is 219 Å². The van der Waals surface area contributed by atoms with Gasteiger partial charge in [0.15, 0.2) is 0 Å². The summed E-state index contributed by atoms with van der Waals surface area (Å²) in [4.78, 5) is 28.0. The number of nitrogens with one attached hydrogen (secondary N) is 1. The summed E-state index contributed by atoms with van der Waals surface area (Å²) in [6.07, 6.45) is 1.06. The molecule has 1 fully saturated rings. The van der Waals surface area contributed by atoms with Crippen LogP contribution in [0, 0.1) is 12.8 Å². The maximum absolute atomic E-state index is 13.5. The molecule has 2 aliphatic rings. The number of piperidine rings is 1. The van der Waals surface area contributed by atoms with Crippen molar-refractivity contribution in [1.29, 1.82) is 0 Å². The summed E-state index contributed by atoms with van der Waals surface area (Å²) < 4.78 is 2.61. The molecule has 1 amide bonds. The molecule has 0 unspecified atom stereocenters. The molecular formula is C27H26ClN3O2S2. The third-order valence-corrected chi connectivity index (χ3v) is 8.72. The van der Waals surface area contributed by atoms with Gasteiger partial charge in [-0.1, -0.05) is 78.0 Å². The lowest BCUT2D eigenvalue weighted by Crippen LogP contribution is -2.48. The van der Waals surface area contributed by atoms with Crippen LogP contribution in [-0.2, 0) is 11.3 Å². The van der Waals surface area contributed by atoms with E-state index in [9.17, 15) is 9.59 Å². The smallest absolute Gasteiger partial charge is 0.250 e. The van der Waals surface area contributed by atoms with E-state index in [-0.39, 0.29) is 17.4 Å². The van der Waals surface area contributed by atoms with Crippen LogP contribution >= 0.6 is 35.6 Å². The molecule has 3 heterocycles. The van der Waals surface area contributed by atoms with Gasteiger partial charge in [0.2, 0.25) is 5.91 Å². The first kappa shape index (κ1) is 24.1. The molecule has 2 aromatic carbocycles. The number of thiocarbonyl (C=S) groups is 1. The molecule has 1 aromatic heterocycles. The first-order chi connectivity index (χ1) is 16.9. The van der Waals surface area contributed by atoms with E-state index in [0.29, 0.717) is 27.5 Å². The number of nitrogens with zero attached hydrogens (tertiary/aromatic N) is 2. The Hall–Kier alpha value is -2.61. The predicted octanol–water partition coefficient (Wildman–Crippen LogP) is 5.63. The van der Waals surface area contributed by atoms with E-state index in [1.165, 1.54) is 11.8 Å². The molecule has 35 heavy (non-hydrogen) atoms. The van der Waals surface area contributed by atoms with Crippen LogP contribution in [0.5, 0.6) is 0 Å². The fourth-order valence-electron chi connectivity index (χ4n) is 5.04. The zero-order chi connectivity index (χ0) is 24.5. The van der Waals surface area contributed by atoms with Crippen molar-refractivity contribution < 1.29 is 4.79 Å². The van der Waals surface area contributed by atoms with Crippen LogP contribution in [0.25, 0.3) is 0 Å². The van der Waals surface area contributed by atoms with Crippen LogP contribution in [-0.4, -0.2) is 32.8 Å². The Morgan fingerprint density at radius 3 is 2.66 bits per heavy atom. The Morgan fingerprint density at radius 1 is 1.09 bits per heavy atom. The van der Waals surface area contributed by atoms with Crippen molar-refractivity contribution >= 4 is 51.5 Å². The highest BCUT2D eigenvalue weighted by atomic mass is 35.5. The summed E-state index contributed by atoms with van der Waals surface area (Å²) in [6, 6.07) is 20.8. The highest BCUT2D eigenvalue weighted by molar-refractivity contribution is 8.23. The van der Waals surface area contributed by atoms with E-state index in [1.807, 2.05) is 72.2 Å². The van der Waals surface area contributed by atoms with Crippen LogP contribution in [0.1, 0.15) is 34.4 Å². The second-order valence-electron chi connectivity index (χ2n) is 9.25. The number of anilines is 1. The first-order valence-electron chi connectivity index (χ1n) is 11.7. The Kier molecular flexibility index (Phi) is 7.00. The van der Waals surface area contributed by atoms with E-state index in [0.717, 1.165) is 36.3 Å². The number of thioether (sulfide) groups is 1. The minimum absolute atomic E-state index is 0.0678. The van der Waals surface area contributed by atoms with Crippen LogP contribution < -0.4 is 10.9 Å². The quantitative estimate of drug-likeness (QED) is 0.449. The van der Waals surface area contributed by atoms with Gasteiger partial charge in [-0.05, 0) is 48.6 Å². The molecule has 0 saturated carbocycles. The van der Waals surface area contributed by atoms with E-state index < -0.39 is 5.25 Å². The van der Waals surface area contributed by atoms with Gasteiger partial charge < -0.3 is 14.8 Å². The van der Waals surface area contributed by atoms with Gasteiger partial charge in [-0.2, -0.15) is 0 Å². The topological polar surface area (TPSA) is 54.3 Å². The molecule has 2 aliphatic heterocycles. The number of fused-ring (bicyclic) bond motifs is 4. The lowest BCUT2D eigenvalue weighted by molar-refractivity contribution is -0.115. The molecule has 3 aromatic rings. The number of carbonyl (C=O) groups excluding carboxylic acids is 1. The molecule has 0 spiro atoms. The lowest BCUT2D eigenvalue weighted by atomic mass is 9.83. The predicted molar refractivity (Wildman–Crippen MR) is 147 cm³/mol. The average molecular weight is 524 g/mol. The number of aryl methyl sites for hydroxylation is 1. The summed E-state index contributed by atoms with van der Waals surface area (Å²) in [5.41, 5.74) is 3.65. The summed E-state index contributed by atoms with van der Waals surface area (Å²) in [7, 11) is 0. The van der Waals surface area contributed by atoms with Crippen molar-refractivity contribution in [2.75, 3.05) is 18.4 Å². The number of hydrogen-bond donors (Lipinski definition) is 1. The molecule has 8 heteroatoms. The summed E-state index contributed by atoms with van der Waals surface area (Å²) >= 11 is 13.7. The molecule has 5 nitrogen and oxygen atoms in total. The van der Waals surface area contributed by atoms with Gasteiger partial charge in [0, 0.05) is 37.3 Å². The van der Waals surface area contributed by atoms with Gasteiger partial charge in [-0.3, -0.25) is 9.59 Å². The number of pyridine rings is 1. The Balaban J connectivity index is 1.36.